The number of primary amides is 1. The van der Waals surface area contributed by atoms with E-state index in [1.807, 2.05) is 24.3 Å². The first kappa shape index (κ1) is 12.1. The number of carbonyl (C=O) groups is 1. The maximum Gasteiger partial charge on any atom is 0.227 e. The molecule has 0 saturated carbocycles. The summed E-state index contributed by atoms with van der Waals surface area (Å²) in [6, 6.07) is 7.33. The molecule has 0 fully saturated rings. The summed E-state index contributed by atoms with van der Waals surface area (Å²) in [6.07, 6.45) is 0.548. The lowest BCUT2D eigenvalue weighted by molar-refractivity contribution is -0.118. The number of hydrogen-bond acceptors (Lipinski definition) is 5. The Balaban J connectivity index is 2.15. The molecule has 1 aromatic carbocycles. The minimum atomic E-state index is -0.392. The Labute approximate surface area is 104 Å². The first-order valence-corrected chi connectivity index (χ1v) is 5.44. The van der Waals surface area contributed by atoms with E-state index < -0.39 is 5.91 Å². The molecular formula is C12H13N3O3. The van der Waals surface area contributed by atoms with Crippen LogP contribution in [-0.4, -0.2) is 23.2 Å². The lowest BCUT2D eigenvalue weighted by Crippen LogP contribution is -2.11. The largest absolute Gasteiger partial charge is 0.497 e. The van der Waals surface area contributed by atoms with E-state index in [9.17, 15) is 4.79 Å². The molecule has 0 unspecified atom stereocenters. The van der Waals surface area contributed by atoms with E-state index in [0.29, 0.717) is 18.1 Å². The van der Waals surface area contributed by atoms with E-state index >= 15 is 0 Å². The maximum absolute atomic E-state index is 10.6. The van der Waals surface area contributed by atoms with Gasteiger partial charge in [-0.3, -0.25) is 4.79 Å². The number of methoxy groups -OCH3 is 1. The van der Waals surface area contributed by atoms with E-state index in [0.717, 1.165) is 11.3 Å². The van der Waals surface area contributed by atoms with Gasteiger partial charge in [0, 0.05) is 18.4 Å². The number of nitrogens with zero attached hydrogens (tertiary/aromatic N) is 2. The zero-order chi connectivity index (χ0) is 13.0. The predicted molar refractivity (Wildman–Crippen MR) is 63.8 cm³/mol. The van der Waals surface area contributed by atoms with Crippen LogP contribution in [0, 0.1) is 0 Å². The molecular weight excluding hydrogens is 234 g/mol. The highest BCUT2D eigenvalue weighted by molar-refractivity contribution is 5.73. The molecule has 0 atom stereocenters. The number of amides is 1. The summed E-state index contributed by atoms with van der Waals surface area (Å²) in [7, 11) is 1.59. The van der Waals surface area contributed by atoms with Gasteiger partial charge < -0.3 is 15.0 Å². The second-order valence-corrected chi connectivity index (χ2v) is 3.71. The molecule has 6 heteroatoms. The molecule has 2 rings (SSSR count). The van der Waals surface area contributed by atoms with Crippen LogP contribution >= 0.6 is 0 Å². The van der Waals surface area contributed by atoms with Gasteiger partial charge in [-0.2, -0.15) is 4.98 Å². The smallest absolute Gasteiger partial charge is 0.227 e. The zero-order valence-electron chi connectivity index (χ0n) is 9.92. The van der Waals surface area contributed by atoms with Crippen LogP contribution in [0.4, 0.5) is 0 Å². The Hall–Kier alpha value is -2.37. The molecule has 2 N–H and O–H groups in total. The van der Waals surface area contributed by atoms with Gasteiger partial charge in [-0.05, 0) is 12.1 Å². The van der Waals surface area contributed by atoms with Crippen LogP contribution in [0.2, 0.25) is 0 Å². The minimum Gasteiger partial charge on any atom is -0.497 e. The number of rotatable bonds is 5. The third kappa shape index (κ3) is 2.85. The second-order valence-electron chi connectivity index (χ2n) is 3.71. The fourth-order valence-electron chi connectivity index (χ4n) is 1.47. The second kappa shape index (κ2) is 5.31. The predicted octanol–water partition coefficient (Wildman–Crippen LogP) is 1.16. The topological polar surface area (TPSA) is 91.2 Å². The molecule has 0 radical (unpaired) electrons. The van der Waals surface area contributed by atoms with Crippen LogP contribution in [0.1, 0.15) is 12.3 Å². The van der Waals surface area contributed by atoms with Crippen LogP contribution in [0.3, 0.4) is 0 Å². The quantitative estimate of drug-likeness (QED) is 0.856. The molecule has 0 bridgehead atoms. The molecule has 0 aliphatic heterocycles. The van der Waals surface area contributed by atoms with E-state index in [2.05, 4.69) is 10.1 Å². The van der Waals surface area contributed by atoms with Gasteiger partial charge in [0.15, 0.2) is 0 Å². The zero-order valence-corrected chi connectivity index (χ0v) is 9.92. The van der Waals surface area contributed by atoms with E-state index in [4.69, 9.17) is 15.0 Å². The van der Waals surface area contributed by atoms with Crippen molar-refractivity contribution in [1.29, 1.82) is 0 Å². The number of carbonyl (C=O) groups excluding carboxylic acids is 1. The lowest BCUT2D eigenvalue weighted by Gasteiger charge is -1.99. The average Bonchev–Trinajstić information content (AvgIpc) is 2.85. The van der Waals surface area contributed by atoms with E-state index in [1.54, 1.807) is 7.11 Å². The Kier molecular flexibility index (Phi) is 3.57. The molecule has 1 aromatic heterocycles. The third-order valence-electron chi connectivity index (χ3n) is 2.38. The molecule has 6 nitrogen and oxygen atoms in total. The van der Waals surface area contributed by atoms with Crippen molar-refractivity contribution in [1.82, 2.24) is 10.1 Å². The minimum absolute atomic E-state index is 0.194. The van der Waals surface area contributed by atoms with Crippen molar-refractivity contribution in [3.05, 3.63) is 30.2 Å². The first-order valence-electron chi connectivity index (χ1n) is 5.44. The molecule has 1 amide bonds. The standard InChI is InChI=1S/C12H13N3O3/c1-17-9-4-2-3-8(7-9)12-14-11(18-15-12)6-5-10(13)16/h2-4,7H,5-6H2,1H3,(H2,13,16). The van der Waals surface area contributed by atoms with Gasteiger partial charge in [-0.15, -0.1) is 0 Å². The number of aryl methyl sites for hydroxylation is 1. The van der Waals surface area contributed by atoms with Gasteiger partial charge in [0.25, 0.3) is 0 Å². The van der Waals surface area contributed by atoms with Gasteiger partial charge in [-0.1, -0.05) is 17.3 Å². The van der Waals surface area contributed by atoms with Crippen molar-refractivity contribution >= 4 is 5.91 Å². The average molecular weight is 247 g/mol. The van der Waals surface area contributed by atoms with E-state index in [1.165, 1.54) is 0 Å². The Morgan fingerprint density at radius 2 is 2.33 bits per heavy atom. The summed E-state index contributed by atoms with van der Waals surface area (Å²) in [6.45, 7) is 0. The molecule has 94 valence electrons. The van der Waals surface area contributed by atoms with Crippen molar-refractivity contribution in [2.24, 2.45) is 5.73 Å². The van der Waals surface area contributed by atoms with Gasteiger partial charge in [-0.25, -0.2) is 0 Å². The third-order valence-corrected chi connectivity index (χ3v) is 2.38. The van der Waals surface area contributed by atoms with Crippen LogP contribution in [-0.2, 0) is 11.2 Å². The fraction of sp³-hybridized carbons (Fsp3) is 0.250. The number of nitrogens with two attached hydrogens (primary N) is 1. The summed E-state index contributed by atoms with van der Waals surface area (Å²) in [5.74, 6) is 1.19. The van der Waals surface area contributed by atoms with Gasteiger partial charge in [0.05, 0.1) is 7.11 Å². The summed E-state index contributed by atoms with van der Waals surface area (Å²) >= 11 is 0. The van der Waals surface area contributed by atoms with Crippen molar-refractivity contribution in [3.8, 4) is 17.1 Å². The van der Waals surface area contributed by atoms with E-state index in [-0.39, 0.29) is 6.42 Å². The lowest BCUT2D eigenvalue weighted by atomic mass is 10.2. The van der Waals surface area contributed by atoms with Crippen LogP contribution in [0.15, 0.2) is 28.8 Å². The van der Waals surface area contributed by atoms with Crippen molar-refractivity contribution in [2.45, 2.75) is 12.8 Å². The van der Waals surface area contributed by atoms with Crippen LogP contribution < -0.4 is 10.5 Å². The molecule has 0 saturated heterocycles. The molecule has 18 heavy (non-hydrogen) atoms. The maximum atomic E-state index is 10.6. The van der Waals surface area contributed by atoms with Crippen molar-refractivity contribution < 1.29 is 14.1 Å². The van der Waals surface area contributed by atoms with Gasteiger partial charge >= 0.3 is 0 Å². The van der Waals surface area contributed by atoms with Crippen LogP contribution in [0.5, 0.6) is 5.75 Å². The SMILES string of the molecule is COc1cccc(-c2noc(CCC(N)=O)n2)c1. The highest BCUT2D eigenvalue weighted by atomic mass is 16.5. The van der Waals surface area contributed by atoms with Gasteiger partial charge in [0.2, 0.25) is 17.6 Å². The first-order chi connectivity index (χ1) is 8.69. The Morgan fingerprint density at radius 1 is 1.50 bits per heavy atom. The van der Waals surface area contributed by atoms with Crippen LogP contribution in [0.25, 0.3) is 11.4 Å². The summed E-state index contributed by atoms with van der Waals surface area (Å²) in [5, 5.41) is 3.85. The fourth-order valence-corrected chi connectivity index (χ4v) is 1.47. The highest BCUT2D eigenvalue weighted by Crippen LogP contribution is 2.21. The molecule has 1 heterocycles. The molecule has 0 spiro atoms. The normalized spacial score (nSPS) is 10.3. The number of hydrogen-bond donors (Lipinski definition) is 1. The molecule has 2 aromatic rings. The Bertz CT molecular complexity index is 551. The summed E-state index contributed by atoms with van der Waals surface area (Å²) in [4.78, 5) is 14.8. The Morgan fingerprint density at radius 3 is 3.06 bits per heavy atom. The molecule has 0 aliphatic rings. The van der Waals surface area contributed by atoms with Gasteiger partial charge in [0.1, 0.15) is 5.75 Å². The number of ether oxygens (including phenoxy) is 1. The summed E-state index contributed by atoms with van der Waals surface area (Å²) < 4.78 is 10.1. The number of benzene rings is 1. The van der Waals surface area contributed by atoms with Crippen molar-refractivity contribution in [2.75, 3.05) is 7.11 Å². The monoisotopic (exact) mass is 247 g/mol. The summed E-state index contributed by atoms with van der Waals surface area (Å²) in [5.41, 5.74) is 5.85. The number of aromatic nitrogens is 2. The van der Waals surface area contributed by atoms with Crippen molar-refractivity contribution in [3.63, 3.8) is 0 Å². The molecule has 0 aliphatic carbocycles. The highest BCUT2D eigenvalue weighted by Gasteiger charge is 2.10.